The van der Waals surface area contributed by atoms with Crippen molar-refractivity contribution in [1.82, 2.24) is 24.7 Å². The molecule has 3 heterocycles. The van der Waals surface area contributed by atoms with Crippen molar-refractivity contribution in [3.8, 4) is 0 Å². The van der Waals surface area contributed by atoms with E-state index >= 15 is 0 Å². The van der Waals surface area contributed by atoms with E-state index in [1.807, 2.05) is 29.1 Å². The summed E-state index contributed by atoms with van der Waals surface area (Å²) in [6, 6.07) is 0. The molecule has 0 aliphatic heterocycles. The van der Waals surface area contributed by atoms with Gasteiger partial charge in [0.2, 0.25) is 0 Å². The number of aromatic nitrogens is 4. The number of nitrogens with one attached hydrogen (secondary N) is 1. The van der Waals surface area contributed by atoms with Crippen molar-refractivity contribution < 1.29 is 4.79 Å². The molecule has 1 amide bonds. The lowest BCUT2D eigenvalue weighted by Gasteiger charge is -2.02. The molecule has 96 valence electrons. The van der Waals surface area contributed by atoms with Crippen LogP contribution in [0.15, 0.2) is 30.2 Å². The number of thiazole rings is 1. The van der Waals surface area contributed by atoms with Crippen LogP contribution in [0, 0.1) is 6.92 Å². The van der Waals surface area contributed by atoms with Crippen LogP contribution < -0.4 is 5.32 Å². The second-order valence-corrected chi connectivity index (χ2v) is 4.92. The molecule has 1 N–H and O–H groups in total. The van der Waals surface area contributed by atoms with E-state index in [-0.39, 0.29) is 5.91 Å². The zero-order valence-corrected chi connectivity index (χ0v) is 11.0. The second kappa shape index (κ2) is 4.77. The Kier molecular flexibility index (Phi) is 2.96. The number of rotatable bonds is 3. The molecule has 0 aromatic carbocycles. The summed E-state index contributed by atoms with van der Waals surface area (Å²) in [6.07, 6.45) is 6.87. The van der Waals surface area contributed by atoms with Gasteiger partial charge in [-0.15, -0.1) is 11.3 Å². The van der Waals surface area contributed by atoms with E-state index in [4.69, 9.17) is 0 Å². The predicted octanol–water partition coefficient (Wildman–Crippen LogP) is 1.42. The minimum atomic E-state index is -0.246. The fourth-order valence-corrected chi connectivity index (χ4v) is 2.35. The minimum absolute atomic E-state index is 0.246. The number of aryl methyl sites for hydroxylation is 1. The maximum absolute atomic E-state index is 11.8. The molecule has 0 spiro atoms. The van der Waals surface area contributed by atoms with Crippen LogP contribution in [0.5, 0.6) is 0 Å². The molecule has 19 heavy (non-hydrogen) atoms. The van der Waals surface area contributed by atoms with Gasteiger partial charge in [-0.05, 0) is 6.92 Å². The van der Waals surface area contributed by atoms with Crippen molar-refractivity contribution in [1.29, 1.82) is 0 Å². The largest absolute Gasteiger partial charge is 0.345 e. The van der Waals surface area contributed by atoms with Crippen molar-refractivity contribution in [3.05, 3.63) is 47.2 Å². The standard InChI is InChI=1S/C12H11N5OS/c1-8-4-14-10(6-13-8)11(18)15-5-9-7-17-2-3-19-12(17)16-9/h2-4,6-7H,5H2,1H3,(H,15,18). The zero-order chi connectivity index (χ0) is 13.2. The van der Waals surface area contributed by atoms with Crippen LogP contribution in [0.25, 0.3) is 4.96 Å². The first kappa shape index (κ1) is 11.8. The minimum Gasteiger partial charge on any atom is -0.345 e. The number of hydrogen-bond acceptors (Lipinski definition) is 5. The van der Waals surface area contributed by atoms with E-state index in [9.17, 15) is 4.79 Å². The quantitative estimate of drug-likeness (QED) is 0.783. The number of imidazole rings is 1. The van der Waals surface area contributed by atoms with E-state index < -0.39 is 0 Å². The van der Waals surface area contributed by atoms with Gasteiger partial charge in [-0.25, -0.2) is 9.97 Å². The summed E-state index contributed by atoms with van der Waals surface area (Å²) in [5, 5.41) is 4.74. The highest BCUT2D eigenvalue weighted by Gasteiger charge is 2.08. The normalized spacial score (nSPS) is 10.8. The van der Waals surface area contributed by atoms with Crippen LogP contribution in [0.2, 0.25) is 0 Å². The molecule has 0 saturated carbocycles. The summed E-state index contributed by atoms with van der Waals surface area (Å²) < 4.78 is 1.93. The molecule has 6 nitrogen and oxygen atoms in total. The van der Waals surface area contributed by atoms with Crippen LogP contribution in [0.1, 0.15) is 21.9 Å². The van der Waals surface area contributed by atoms with Crippen molar-refractivity contribution in [2.24, 2.45) is 0 Å². The number of nitrogens with zero attached hydrogens (tertiary/aromatic N) is 4. The van der Waals surface area contributed by atoms with E-state index in [0.29, 0.717) is 12.2 Å². The summed E-state index contributed by atoms with van der Waals surface area (Å²) in [5.41, 5.74) is 1.91. The zero-order valence-electron chi connectivity index (χ0n) is 10.2. The van der Waals surface area contributed by atoms with E-state index in [2.05, 4.69) is 20.3 Å². The number of amides is 1. The van der Waals surface area contributed by atoms with Crippen molar-refractivity contribution >= 4 is 22.2 Å². The topological polar surface area (TPSA) is 72.2 Å². The van der Waals surface area contributed by atoms with Crippen LogP contribution in [-0.2, 0) is 6.54 Å². The molecule has 0 saturated heterocycles. The lowest BCUT2D eigenvalue weighted by atomic mass is 10.4. The Bertz CT molecular complexity index is 687. The van der Waals surface area contributed by atoms with Gasteiger partial charge in [-0.2, -0.15) is 0 Å². The average molecular weight is 273 g/mol. The van der Waals surface area contributed by atoms with Gasteiger partial charge in [0.25, 0.3) is 5.91 Å². The maximum atomic E-state index is 11.8. The molecule has 3 rings (SSSR count). The lowest BCUT2D eigenvalue weighted by molar-refractivity contribution is 0.0945. The first-order chi connectivity index (χ1) is 9.22. The third-order valence-corrected chi connectivity index (χ3v) is 3.36. The van der Waals surface area contributed by atoms with Crippen molar-refractivity contribution in [3.63, 3.8) is 0 Å². The molecule has 0 aliphatic rings. The van der Waals surface area contributed by atoms with Gasteiger partial charge in [0, 0.05) is 24.0 Å². The van der Waals surface area contributed by atoms with Crippen molar-refractivity contribution in [2.75, 3.05) is 0 Å². The Hall–Kier alpha value is -2.28. The van der Waals surface area contributed by atoms with Crippen molar-refractivity contribution in [2.45, 2.75) is 13.5 Å². The molecule has 0 unspecified atom stereocenters. The fourth-order valence-electron chi connectivity index (χ4n) is 1.63. The van der Waals surface area contributed by atoms with E-state index in [1.165, 1.54) is 6.20 Å². The highest BCUT2D eigenvalue weighted by Crippen LogP contribution is 2.11. The molecule has 0 aliphatic carbocycles. The van der Waals surface area contributed by atoms with E-state index in [1.54, 1.807) is 17.5 Å². The molecule has 3 aromatic heterocycles. The van der Waals surface area contributed by atoms with Gasteiger partial charge in [-0.3, -0.25) is 14.2 Å². The van der Waals surface area contributed by atoms with Crippen LogP contribution in [0.4, 0.5) is 0 Å². The van der Waals surface area contributed by atoms with Gasteiger partial charge in [0.05, 0.1) is 24.1 Å². The first-order valence-electron chi connectivity index (χ1n) is 5.70. The monoisotopic (exact) mass is 273 g/mol. The van der Waals surface area contributed by atoms with Crippen LogP contribution in [0.3, 0.4) is 0 Å². The third kappa shape index (κ3) is 2.45. The molecule has 3 aromatic rings. The molecular weight excluding hydrogens is 262 g/mol. The molecule has 0 fully saturated rings. The number of carbonyl (C=O) groups is 1. The summed E-state index contributed by atoms with van der Waals surface area (Å²) in [6.45, 7) is 2.20. The van der Waals surface area contributed by atoms with Gasteiger partial charge in [0.15, 0.2) is 4.96 Å². The molecular formula is C12H11N5OS. The van der Waals surface area contributed by atoms with Crippen LogP contribution in [-0.4, -0.2) is 25.3 Å². The number of fused-ring (bicyclic) bond motifs is 1. The van der Waals surface area contributed by atoms with Gasteiger partial charge in [0.1, 0.15) is 5.69 Å². The Morgan fingerprint density at radius 2 is 2.32 bits per heavy atom. The highest BCUT2D eigenvalue weighted by atomic mass is 32.1. The summed E-state index contributed by atoms with van der Waals surface area (Å²) in [7, 11) is 0. The summed E-state index contributed by atoms with van der Waals surface area (Å²) >= 11 is 1.56. The first-order valence-corrected chi connectivity index (χ1v) is 6.58. The maximum Gasteiger partial charge on any atom is 0.271 e. The predicted molar refractivity (Wildman–Crippen MR) is 71.0 cm³/mol. The molecule has 0 atom stereocenters. The lowest BCUT2D eigenvalue weighted by Crippen LogP contribution is -2.24. The van der Waals surface area contributed by atoms with E-state index in [0.717, 1.165) is 16.3 Å². The number of carbonyl (C=O) groups excluding carboxylic acids is 1. The van der Waals surface area contributed by atoms with Crippen LogP contribution >= 0.6 is 11.3 Å². The van der Waals surface area contributed by atoms with Gasteiger partial charge in [-0.1, -0.05) is 0 Å². The Balaban J connectivity index is 1.67. The third-order valence-electron chi connectivity index (χ3n) is 2.59. The van der Waals surface area contributed by atoms with Gasteiger partial charge >= 0.3 is 0 Å². The average Bonchev–Trinajstić information content (AvgIpc) is 2.97. The second-order valence-electron chi connectivity index (χ2n) is 4.05. The Morgan fingerprint density at radius 3 is 3.05 bits per heavy atom. The highest BCUT2D eigenvalue weighted by molar-refractivity contribution is 7.15. The summed E-state index contributed by atoms with van der Waals surface area (Å²) in [4.78, 5) is 25.2. The SMILES string of the molecule is Cc1cnc(C(=O)NCc2cn3ccsc3n2)cn1. The number of hydrogen-bond donors (Lipinski definition) is 1. The smallest absolute Gasteiger partial charge is 0.271 e. The Morgan fingerprint density at radius 1 is 1.42 bits per heavy atom. The fraction of sp³-hybridized carbons (Fsp3) is 0.167. The Labute approximate surface area is 113 Å². The molecule has 0 bridgehead atoms. The molecule has 0 radical (unpaired) electrons. The van der Waals surface area contributed by atoms with Gasteiger partial charge < -0.3 is 5.32 Å². The molecule has 7 heteroatoms. The summed E-state index contributed by atoms with van der Waals surface area (Å²) in [5.74, 6) is -0.246.